The number of hydrogen-bond acceptors (Lipinski definition) is 7. The van der Waals surface area contributed by atoms with Gasteiger partial charge in [-0.1, -0.05) is 12.1 Å². The SMILES string of the molecule is COc1ccc(Cn2c(=O)n3ncnc3c3c(C)c(CN4CCN5CCCC5C4)sc32)cc1. The van der Waals surface area contributed by atoms with Gasteiger partial charge in [-0.15, -0.1) is 11.3 Å². The normalized spacial score (nSPS) is 19.5. The summed E-state index contributed by atoms with van der Waals surface area (Å²) < 4.78 is 8.56. The Balaban J connectivity index is 1.40. The van der Waals surface area contributed by atoms with Crippen molar-refractivity contribution < 1.29 is 4.74 Å². The zero-order valence-electron chi connectivity index (χ0n) is 19.0. The van der Waals surface area contributed by atoms with Gasteiger partial charge in [-0.3, -0.25) is 14.4 Å². The molecule has 3 aromatic heterocycles. The van der Waals surface area contributed by atoms with Crippen molar-refractivity contribution in [3.63, 3.8) is 0 Å². The molecule has 1 unspecified atom stereocenters. The highest BCUT2D eigenvalue weighted by Crippen LogP contribution is 2.34. The highest BCUT2D eigenvalue weighted by Gasteiger charge is 2.31. The lowest BCUT2D eigenvalue weighted by Gasteiger charge is -2.37. The molecule has 2 saturated heterocycles. The molecule has 172 valence electrons. The number of aryl methyl sites for hydroxylation is 1. The molecule has 0 bridgehead atoms. The summed E-state index contributed by atoms with van der Waals surface area (Å²) in [5, 5.41) is 5.28. The standard InChI is InChI=1S/C24H28N6O2S/c1-16-20(14-27-10-11-28-9-3-4-18(28)13-27)33-23-21(16)22-25-15-26-30(22)24(31)29(23)12-17-5-7-19(32-2)8-6-17/h5-8,15,18H,3-4,9-14H2,1-2H3. The minimum atomic E-state index is -0.154. The zero-order chi connectivity index (χ0) is 22.5. The molecule has 0 amide bonds. The third kappa shape index (κ3) is 3.55. The topological polar surface area (TPSA) is 67.9 Å². The Morgan fingerprint density at radius 2 is 2.00 bits per heavy atom. The molecule has 0 spiro atoms. The smallest absolute Gasteiger partial charge is 0.352 e. The van der Waals surface area contributed by atoms with E-state index in [4.69, 9.17) is 4.74 Å². The van der Waals surface area contributed by atoms with Crippen LogP contribution in [0.5, 0.6) is 5.75 Å². The number of thiophene rings is 1. The Morgan fingerprint density at radius 3 is 2.82 bits per heavy atom. The quantitative estimate of drug-likeness (QED) is 0.453. The molecular weight excluding hydrogens is 436 g/mol. The van der Waals surface area contributed by atoms with E-state index >= 15 is 0 Å². The van der Waals surface area contributed by atoms with Crippen LogP contribution >= 0.6 is 11.3 Å². The van der Waals surface area contributed by atoms with Gasteiger partial charge in [-0.2, -0.15) is 9.61 Å². The maximum Gasteiger partial charge on any atom is 0.352 e. The third-order valence-electron chi connectivity index (χ3n) is 7.19. The molecule has 0 N–H and O–H groups in total. The average Bonchev–Trinajstić information content (AvgIpc) is 3.56. The van der Waals surface area contributed by atoms with Gasteiger partial charge in [0.1, 0.15) is 16.9 Å². The Hall–Kier alpha value is -2.75. The van der Waals surface area contributed by atoms with Crippen LogP contribution in [0.1, 0.15) is 28.8 Å². The van der Waals surface area contributed by atoms with Gasteiger partial charge in [0.2, 0.25) is 0 Å². The average molecular weight is 465 g/mol. The summed E-state index contributed by atoms with van der Waals surface area (Å²) in [5.41, 5.74) is 2.76. The number of benzene rings is 1. The number of rotatable bonds is 5. The highest BCUT2D eigenvalue weighted by molar-refractivity contribution is 7.19. The Kier molecular flexibility index (Phi) is 5.20. The molecular formula is C24H28N6O2S. The van der Waals surface area contributed by atoms with Crippen LogP contribution in [0.15, 0.2) is 35.4 Å². The fraction of sp³-hybridized carbons (Fsp3) is 0.458. The van der Waals surface area contributed by atoms with E-state index in [0.29, 0.717) is 18.2 Å². The molecule has 33 heavy (non-hydrogen) atoms. The van der Waals surface area contributed by atoms with Crippen LogP contribution in [0.4, 0.5) is 0 Å². The van der Waals surface area contributed by atoms with Gasteiger partial charge in [0, 0.05) is 37.1 Å². The number of piperazine rings is 1. The van der Waals surface area contributed by atoms with E-state index in [1.807, 2.05) is 28.8 Å². The number of fused-ring (bicyclic) bond motifs is 4. The monoisotopic (exact) mass is 464 g/mol. The van der Waals surface area contributed by atoms with Gasteiger partial charge < -0.3 is 4.74 Å². The summed E-state index contributed by atoms with van der Waals surface area (Å²) in [6.45, 7) is 8.21. The summed E-state index contributed by atoms with van der Waals surface area (Å²) in [6, 6.07) is 8.57. The van der Waals surface area contributed by atoms with E-state index in [1.165, 1.54) is 40.7 Å². The zero-order valence-corrected chi connectivity index (χ0v) is 19.8. The number of nitrogens with zero attached hydrogens (tertiary/aromatic N) is 6. The molecule has 1 atom stereocenters. The molecule has 2 fully saturated rings. The van der Waals surface area contributed by atoms with Crippen molar-refractivity contribution >= 4 is 27.2 Å². The first-order valence-electron chi connectivity index (χ1n) is 11.6. The molecule has 2 aliphatic rings. The van der Waals surface area contributed by atoms with Crippen molar-refractivity contribution in [2.24, 2.45) is 0 Å². The van der Waals surface area contributed by atoms with Crippen LogP contribution in [0.3, 0.4) is 0 Å². The molecule has 8 nitrogen and oxygen atoms in total. The Morgan fingerprint density at radius 1 is 1.15 bits per heavy atom. The lowest BCUT2D eigenvalue weighted by molar-refractivity contribution is 0.100. The summed E-state index contributed by atoms with van der Waals surface area (Å²) in [6.07, 6.45) is 4.11. The lowest BCUT2D eigenvalue weighted by Crippen LogP contribution is -2.49. The van der Waals surface area contributed by atoms with Gasteiger partial charge in [-0.05, 0) is 49.6 Å². The molecule has 4 aromatic rings. The fourth-order valence-corrected chi connectivity index (χ4v) is 6.69. The molecule has 2 aliphatic heterocycles. The van der Waals surface area contributed by atoms with E-state index in [9.17, 15) is 4.79 Å². The first kappa shape index (κ1) is 20.8. The van der Waals surface area contributed by atoms with Crippen LogP contribution < -0.4 is 10.4 Å². The second-order valence-corrected chi connectivity index (χ2v) is 10.2. The summed E-state index contributed by atoms with van der Waals surface area (Å²) in [5.74, 6) is 0.805. The second kappa shape index (κ2) is 8.23. The van der Waals surface area contributed by atoms with Crippen LogP contribution in [-0.2, 0) is 13.1 Å². The van der Waals surface area contributed by atoms with Crippen molar-refractivity contribution in [2.45, 2.75) is 38.9 Å². The minimum Gasteiger partial charge on any atom is -0.497 e. The van der Waals surface area contributed by atoms with Crippen LogP contribution in [0.2, 0.25) is 0 Å². The first-order chi connectivity index (χ1) is 16.1. The fourth-order valence-electron chi connectivity index (χ4n) is 5.36. The Labute approximate surface area is 196 Å². The second-order valence-electron chi connectivity index (χ2n) is 9.11. The van der Waals surface area contributed by atoms with E-state index in [0.717, 1.165) is 47.7 Å². The van der Waals surface area contributed by atoms with Crippen molar-refractivity contribution in [3.05, 3.63) is 57.1 Å². The molecule has 5 heterocycles. The predicted molar refractivity (Wildman–Crippen MR) is 129 cm³/mol. The number of aromatic nitrogens is 4. The summed E-state index contributed by atoms with van der Waals surface area (Å²) >= 11 is 1.73. The van der Waals surface area contributed by atoms with Crippen molar-refractivity contribution in [3.8, 4) is 5.75 Å². The van der Waals surface area contributed by atoms with E-state index < -0.39 is 0 Å². The van der Waals surface area contributed by atoms with Gasteiger partial charge in [-0.25, -0.2) is 9.78 Å². The first-order valence-corrected chi connectivity index (χ1v) is 12.4. The maximum absolute atomic E-state index is 13.4. The van der Waals surface area contributed by atoms with E-state index in [1.54, 1.807) is 18.4 Å². The summed E-state index contributed by atoms with van der Waals surface area (Å²) in [7, 11) is 1.66. The molecule has 9 heteroatoms. The van der Waals surface area contributed by atoms with Crippen molar-refractivity contribution in [1.82, 2.24) is 29.0 Å². The number of ether oxygens (including phenoxy) is 1. The minimum absolute atomic E-state index is 0.154. The predicted octanol–water partition coefficient (Wildman–Crippen LogP) is 2.75. The molecule has 0 radical (unpaired) electrons. The van der Waals surface area contributed by atoms with Gasteiger partial charge in [0.15, 0.2) is 5.65 Å². The lowest BCUT2D eigenvalue weighted by atomic mass is 10.1. The van der Waals surface area contributed by atoms with E-state index in [-0.39, 0.29) is 5.69 Å². The van der Waals surface area contributed by atoms with Gasteiger partial charge in [0.05, 0.1) is 19.0 Å². The largest absolute Gasteiger partial charge is 0.497 e. The molecule has 1 aromatic carbocycles. The molecule has 6 rings (SSSR count). The maximum atomic E-state index is 13.4. The molecule has 0 aliphatic carbocycles. The van der Waals surface area contributed by atoms with Crippen LogP contribution in [0, 0.1) is 6.92 Å². The Bertz CT molecular complexity index is 1370. The van der Waals surface area contributed by atoms with Gasteiger partial charge >= 0.3 is 5.69 Å². The van der Waals surface area contributed by atoms with Crippen molar-refractivity contribution in [1.29, 1.82) is 0 Å². The molecule has 0 saturated carbocycles. The number of hydrogen-bond donors (Lipinski definition) is 0. The van der Waals surface area contributed by atoms with Gasteiger partial charge in [0.25, 0.3) is 0 Å². The van der Waals surface area contributed by atoms with Crippen molar-refractivity contribution in [2.75, 3.05) is 33.3 Å². The highest BCUT2D eigenvalue weighted by atomic mass is 32.1. The van der Waals surface area contributed by atoms with Crippen LogP contribution in [-0.4, -0.2) is 68.3 Å². The third-order valence-corrected chi connectivity index (χ3v) is 8.49. The van der Waals surface area contributed by atoms with E-state index in [2.05, 4.69) is 26.8 Å². The van der Waals surface area contributed by atoms with Crippen LogP contribution in [0.25, 0.3) is 15.9 Å². The summed E-state index contributed by atoms with van der Waals surface area (Å²) in [4.78, 5) is 25.3. The number of methoxy groups -OCH3 is 1.